The number of halogens is 14. The van der Waals surface area contributed by atoms with Gasteiger partial charge in [-0.2, -0.15) is 0 Å². The molecule has 104 heavy (non-hydrogen) atoms. The van der Waals surface area contributed by atoms with E-state index in [0.717, 1.165) is 102 Å². The Labute approximate surface area is 614 Å². The molecular formula is C77H70ClF13N4O5S4. The van der Waals surface area contributed by atoms with Gasteiger partial charge in [-0.15, -0.1) is 47.0 Å². The van der Waals surface area contributed by atoms with Gasteiger partial charge in [0.25, 0.3) is 23.6 Å². The number of hydrogen-bond acceptors (Lipinski definition) is 9. The summed E-state index contributed by atoms with van der Waals surface area (Å²) in [5.74, 6) is -14.9. The van der Waals surface area contributed by atoms with Crippen LogP contribution < -0.4 is 21.3 Å². The number of ketones is 1. The van der Waals surface area contributed by atoms with Gasteiger partial charge in [0.05, 0.1) is 5.02 Å². The van der Waals surface area contributed by atoms with Gasteiger partial charge < -0.3 is 21.3 Å². The lowest BCUT2D eigenvalue weighted by molar-refractivity contribution is -0.121. The molecule has 4 amide bonds. The fraction of sp³-hybridized carbons (Fsp3) is 0.312. The third-order valence-corrected chi connectivity index (χ3v) is 23.2. The van der Waals surface area contributed by atoms with Gasteiger partial charge in [0, 0.05) is 122 Å². The van der Waals surface area contributed by atoms with Crippen LogP contribution in [0.4, 0.5) is 79.8 Å². The summed E-state index contributed by atoms with van der Waals surface area (Å²) in [6, 6.07) is 26.0. The van der Waals surface area contributed by atoms with Crippen LogP contribution in [0, 0.1) is 81.5 Å². The molecule has 8 aromatic rings. The van der Waals surface area contributed by atoms with Crippen molar-refractivity contribution in [3.05, 3.63) is 236 Å². The predicted molar refractivity (Wildman–Crippen MR) is 384 cm³/mol. The topological polar surface area (TPSA) is 133 Å². The summed E-state index contributed by atoms with van der Waals surface area (Å²) >= 11 is 11.4. The molecule has 4 fully saturated rings. The number of anilines is 4. The molecule has 4 aliphatic rings. The molecular weight excluding hydrogens is 1470 g/mol. The van der Waals surface area contributed by atoms with Crippen LogP contribution in [0.3, 0.4) is 0 Å². The summed E-state index contributed by atoms with van der Waals surface area (Å²) in [5, 5.41) is 10.9. The van der Waals surface area contributed by atoms with E-state index in [2.05, 4.69) is 21.3 Å². The molecule has 9 nitrogen and oxygen atoms in total. The zero-order chi connectivity index (χ0) is 74.7. The molecule has 0 bridgehead atoms. The van der Waals surface area contributed by atoms with Crippen LogP contribution in [-0.4, -0.2) is 50.4 Å². The van der Waals surface area contributed by atoms with E-state index in [-0.39, 0.29) is 67.5 Å². The average Bonchev–Trinajstić information content (AvgIpc) is 0.947. The van der Waals surface area contributed by atoms with Crippen LogP contribution in [0.5, 0.6) is 0 Å². The van der Waals surface area contributed by atoms with Crippen LogP contribution >= 0.6 is 58.6 Å². The van der Waals surface area contributed by atoms with E-state index in [9.17, 15) is 81.0 Å². The van der Waals surface area contributed by atoms with Crippen molar-refractivity contribution in [3.8, 4) is 0 Å². The van der Waals surface area contributed by atoms with E-state index in [1.807, 2.05) is 0 Å². The van der Waals surface area contributed by atoms with Crippen molar-refractivity contribution >= 4 is 111 Å². The normalized spacial score (nSPS) is 16.1. The standard InChI is InChI=1S/C21H20F3NO2S.C19H18ClF2NOS.C19H17F4NOS.C18H15F4NOS/c1-12(26)13-2-6-16(7-3-13)28-20-10-14(4-8-18(20)23)21(27)25-15-5-9-17(22)19(24)11-15;20-15-11-13(7-9-16(15)21)23-19(24)12-6-8-17(22)18(10-12)25-14-4-2-1-3-5-14;20-14-7-6-11(8-17(14)26-13-4-2-1-3-5-13)19(25)24-12-9-15(21)18(23)16(22)10-12;19-13-6-5-10(7-16(13)25-12-3-1-2-4-12)18(24)23-11-8-14(20)17(22)15(21)9-11/h4-5,8-11,13,16H,2-3,6-7H2,1H3,(H,25,27);6-11,14H,1-5H2,(H,23,24);6-10,13H,1-5H2,(H,24,25);5-9,12H,1-4H2,(H,23,24). The molecule has 0 aliphatic heterocycles. The van der Waals surface area contributed by atoms with Crippen LogP contribution in [0.15, 0.2) is 153 Å². The Morgan fingerprint density at radius 1 is 0.298 bits per heavy atom. The van der Waals surface area contributed by atoms with E-state index < -0.39 is 87.5 Å². The number of carbonyl (C=O) groups excluding carboxylic acids is 5. The molecule has 0 atom stereocenters. The van der Waals surface area contributed by atoms with E-state index in [0.29, 0.717) is 70.8 Å². The van der Waals surface area contributed by atoms with Gasteiger partial charge >= 0.3 is 0 Å². The second-order valence-corrected chi connectivity index (χ2v) is 30.9. The number of thioether (sulfide) groups is 4. The largest absolute Gasteiger partial charge is 0.322 e. The number of rotatable bonds is 17. The summed E-state index contributed by atoms with van der Waals surface area (Å²) in [5.41, 5.74) is 0.994. The Morgan fingerprint density at radius 3 is 0.875 bits per heavy atom. The minimum Gasteiger partial charge on any atom is -0.322 e. The van der Waals surface area contributed by atoms with Crippen molar-refractivity contribution in [2.45, 2.75) is 163 Å². The predicted octanol–water partition coefficient (Wildman–Crippen LogP) is 23.3. The zero-order valence-electron chi connectivity index (χ0n) is 55.8. The van der Waals surface area contributed by atoms with Crippen molar-refractivity contribution in [2.24, 2.45) is 5.92 Å². The van der Waals surface area contributed by atoms with E-state index >= 15 is 0 Å². The number of Topliss-reactive ketones (excluding diaryl/α,β-unsaturated/α-hetero) is 1. The summed E-state index contributed by atoms with van der Waals surface area (Å²) < 4.78 is 175. The molecule has 4 aliphatic carbocycles. The van der Waals surface area contributed by atoms with E-state index in [1.165, 1.54) is 164 Å². The molecule has 27 heteroatoms. The first kappa shape index (κ1) is 80.2. The Hall–Kier alpha value is -7.91. The maximum Gasteiger partial charge on any atom is 0.255 e. The SMILES string of the molecule is CC(=O)C1CCC(Sc2cc(C(=O)Nc3ccc(F)c(F)c3)ccc2F)CC1.O=C(Nc1cc(F)c(F)c(F)c1)c1ccc(F)c(SC2CCCC2)c1.O=C(Nc1cc(F)c(F)c(F)c1)c1ccc(F)c(SC2CCCCC2)c1.O=C(Nc1ccc(F)c(Cl)c1)c1ccc(F)c(SC2CCCCC2)c1. The second kappa shape index (κ2) is 38.4. The molecule has 0 saturated heterocycles. The van der Waals surface area contributed by atoms with Crippen molar-refractivity contribution < 1.29 is 81.0 Å². The molecule has 0 spiro atoms. The highest BCUT2D eigenvalue weighted by atomic mass is 35.5. The van der Waals surface area contributed by atoms with Gasteiger partial charge in [0.2, 0.25) is 0 Å². The van der Waals surface area contributed by atoms with E-state index in [1.54, 1.807) is 13.0 Å². The van der Waals surface area contributed by atoms with Gasteiger partial charge in [-0.1, -0.05) is 63.0 Å². The first-order valence-corrected chi connectivity index (χ1v) is 37.4. The van der Waals surface area contributed by atoms with Crippen molar-refractivity contribution in [1.29, 1.82) is 0 Å². The molecule has 12 rings (SSSR count). The Morgan fingerprint density at radius 2 is 0.567 bits per heavy atom. The maximum absolute atomic E-state index is 14.2. The number of carbonyl (C=O) groups is 5. The summed E-state index contributed by atoms with van der Waals surface area (Å²) in [6.07, 6.45) is 18.6. The molecule has 4 saturated carbocycles. The van der Waals surface area contributed by atoms with Crippen molar-refractivity contribution in [3.63, 3.8) is 0 Å². The highest BCUT2D eigenvalue weighted by Crippen LogP contribution is 2.41. The third kappa shape index (κ3) is 23.3. The average molecular weight is 1540 g/mol. The molecule has 0 heterocycles. The Bertz CT molecular complexity index is 4360. The highest BCUT2D eigenvalue weighted by Gasteiger charge is 2.28. The Kier molecular flexibility index (Phi) is 29.6. The maximum atomic E-state index is 14.2. The van der Waals surface area contributed by atoms with Crippen LogP contribution in [-0.2, 0) is 4.79 Å². The Balaban J connectivity index is 0.000000161. The van der Waals surface area contributed by atoms with Crippen LogP contribution in [0.2, 0.25) is 5.02 Å². The second-order valence-electron chi connectivity index (χ2n) is 25.1. The van der Waals surface area contributed by atoms with Crippen LogP contribution in [0.1, 0.15) is 164 Å². The number of nitrogens with one attached hydrogen (secondary N) is 4. The molecule has 4 N–H and O–H groups in total. The number of hydrogen-bond donors (Lipinski definition) is 4. The highest BCUT2D eigenvalue weighted by molar-refractivity contribution is 8.00. The smallest absolute Gasteiger partial charge is 0.255 e. The lowest BCUT2D eigenvalue weighted by atomic mass is 9.86. The molecule has 0 unspecified atom stereocenters. The van der Waals surface area contributed by atoms with Gasteiger partial charge in [0.1, 0.15) is 34.9 Å². The molecule has 550 valence electrons. The monoisotopic (exact) mass is 1540 g/mol. The fourth-order valence-corrected chi connectivity index (χ4v) is 17.2. The van der Waals surface area contributed by atoms with Gasteiger partial charge in [0.15, 0.2) is 46.5 Å². The minimum absolute atomic E-state index is 0.0644. The summed E-state index contributed by atoms with van der Waals surface area (Å²) in [7, 11) is 0. The van der Waals surface area contributed by atoms with Crippen molar-refractivity contribution in [1.82, 2.24) is 0 Å². The van der Waals surface area contributed by atoms with Crippen LogP contribution in [0.25, 0.3) is 0 Å². The van der Waals surface area contributed by atoms with Gasteiger partial charge in [-0.05, 0) is 174 Å². The van der Waals surface area contributed by atoms with Gasteiger partial charge in [-0.25, -0.2) is 57.1 Å². The minimum atomic E-state index is -1.60. The fourth-order valence-electron chi connectivity index (χ4n) is 11.8. The lowest BCUT2D eigenvalue weighted by Crippen LogP contribution is -2.21. The van der Waals surface area contributed by atoms with E-state index in [4.69, 9.17) is 11.6 Å². The van der Waals surface area contributed by atoms with Gasteiger partial charge in [-0.3, -0.25) is 24.0 Å². The quantitative estimate of drug-likeness (QED) is 0.0519. The lowest BCUT2D eigenvalue weighted by Gasteiger charge is -2.26. The first-order chi connectivity index (χ1) is 49.7. The number of amides is 4. The molecule has 0 aromatic heterocycles. The molecule has 0 radical (unpaired) electrons. The first-order valence-electron chi connectivity index (χ1n) is 33.5. The number of benzene rings is 8. The molecule has 8 aromatic carbocycles. The summed E-state index contributed by atoms with van der Waals surface area (Å²) in [4.78, 5) is 62.4. The third-order valence-electron chi connectivity index (χ3n) is 17.4. The summed E-state index contributed by atoms with van der Waals surface area (Å²) in [6.45, 7) is 1.60. The van der Waals surface area contributed by atoms with Crippen molar-refractivity contribution in [2.75, 3.05) is 21.3 Å². The zero-order valence-corrected chi connectivity index (χ0v) is 59.8.